The van der Waals surface area contributed by atoms with Crippen LogP contribution in [0.1, 0.15) is 45.2 Å². The van der Waals surface area contributed by atoms with Crippen molar-refractivity contribution in [2.45, 2.75) is 27.2 Å². The maximum Gasteiger partial charge on any atom is 0.338 e. The lowest BCUT2D eigenvalue weighted by molar-refractivity contribution is -0.120. The minimum Gasteiger partial charge on any atom is -0.462 e. The third-order valence-corrected chi connectivity index (χ3v) is 6.05. The fourth-order valence-electron chi connectivity index (χ4n) is 3.98. The number of imide groups is 1. The van der Waals surface area contributed by atoms with Crippen LogP contribution in [-0.4, -0.2) is 30.3 Å². The Kier molecular flexibility index (Phi) is 7.93. The molecular formula is C29H26ClN3O5. The van der Waals surface area contributed by atoms with Gasteiger partial charge in [-0.3, -0.25) is 14.4 Å². The molecule has 2 N–H and O–H groups in total. The summed E-state index contributed by atoms with van der Waals surface area (Å²) in [6, 6.07) is 18.2. The van der Waals surface area contributed by atoms with Gasteiger partial charge in [0.1, 0.15) is 10.7 Å². The number of esters is 1. The normalized spacial score (nSPS) is 13.1. The predicted octanol–water partition coefficient (Wildman–Crippen LogP) is 5.56. The molecule has 3 amide bonds. The van der Waals surface area contributed by atoms with Crippen LogP contribution in [0.2, 0.25) is 0 Å². The van der Waals surface area contributed by atoms with Crippen molar-refractivity contribution in [2.75, 3.05) is 22.1 Å². The SMILES string of the molecule is CCCOC(=O)c1ccc(NC(=O)c2cccc(NC3=C(Cl)C(=O)N(c4cc(C)cc(C)c4)C3=O)c2)cc1. The van der Waals surface area contributed by atoms with Gasteiger partial charge < -0.3 is 15.4 Å². The molecule has 0 fully saturated rings. The molecule has 0 bridgehead atoms. The van der Waals surface area contributed by atoms with Crippen molar-refractivity contribution in [3.8, 4) is 0 Å². The second-order valence-corrected chi connectivity index (χ2v) is 9.23. The number of nitrogens with one attached hydrogen (secondary N) is 2. The average molecular weight is 532 g/mol. The van der Waals surface area contributed by atoms with E-state index in [-0.39, 0.29) is 10.7 Å². The fraction of sp³-hybridized carbons (Fsp3) is 0.172. The fourth-order valence-corrected chi connectivity index (χ4v) is 4.19. The summed E-state index contributed by atoms with van der Waals surface area (Å²) in [5.41, 5.74) is 3.77. The third-order valence-electron chi connectivity index (χ3n) is 5.70. The largest absolute Gasteiger partial charge is 0.462 e. The molecule has 0 radical (unpaired) electrons. The summed E-state index contributed by atoms with van der Waals surface area (Å²) in [5.74, 6) is -2.04. The first kappa shape index (κ1) is 26.6. The summed E-state index contributed by atoms with van der Waals surface area (Å²) in [5, 5.41) is 5.43. The van der Waals surface area contributed by atoms with E-state index < -0.39 is 23.7 Å². The van der Waals surface area contributed by atoms with Crippen molar-refractivity contribution in [3.05, 3.63) is 99.7 Å². The van der Waals surface area contributed by atoms with Gasteiger partial charge in [-0.1, -0.05) is 30.7 Å². The molecule has 3 aromatic carbocycles. The molecule has 0 unspecified atom stereocenters. The number of halogens is 1. The summed E-state index contributed by atoms with van der Waals surface area (Å²) in [4.78, 5) is 51.8. The third kappa shape index (κ3) is 5.76. The van der Waals surface area contributed by atoms with E-state index in [9.17, 15) is 19.2 Å². The van der Waals surface area contributed by atoms with Crippen molar-refractivity contribution >= 4 is 52.4 Å². The zero-order chi connectivity index (χ0) is 27.4. The van der Waals surface area contributed by atoms with Crippen LogP contribution in [0.3, 0.4) is 0 Å². The summed E-state index contributed by atoms with van der Waals surface area (Å²) >= 11 is 6.26. The molecule has 9 heteroatoms. The Hall–Kier alpha value is -4.43. The van der Waals surface area contributed by atoms with Gasteiger partial charge >= 0.3 is 5.97 Å². The lowest BCUT2D eigenvalue weighted by atomic mass is 10.1. The van der Waals surface area contributed by atoms with E-state index in [1.807, 2.05) is 26.8 Å². The average Bonchev–Trinajstić information content (AvgIpc) is 3.10. The molecule has 38 heavy (non-hydrogen) atoms. The smallest absolute Gasteiger partial charge is 0.338 e. The predicted molar refractivity (Wildman–Crippen MR) is 146 cm³/mol. The van der Waals surface area contributed by atoms with Crippen LogP contribution in [0.4, 0.5) is 17.1 Å². The van der Waals surface area contributed by atoms with E-state index in [2.05, 4.69) is 10.6 Å². The van der Waals surface area contributed by atoms with Gasteiger partial charge in [-0.2, -0.15) is 0 Å². The van der Waals surface area contributed by atoms with Crippen LogP contribution in [0.25, 0.3) is 0 Å². The number of hydrogen-bond donors (Lipinski definition) is 2. The molecule has 0 atom stereocenters. The van der Waals surface area contributed by atoms with Gasteiger partial charge in [-0.25, -0.2) is 9.69 Å². The van der Waals surface area contributed by atoms with Gasteiger partial charge in [0.2, 0.25) is 0 Å². The van der Waals surface area contributed by atoms with E-state index in [1.54, 1.807) is 60.7 Å². The van der Waals surface area contributed by atoms with E-state index in [1.165, 1.54) is 0 Å². The molecule has 0 spiro atoms. The standard InChI is InChI=1S/C29H26ClN3O5/c1-4-12-38-29(37)19-8-10-21(11-9-19)32-26(34)20-6-5-7-22(16-20)31-25-24(30)27(35)33(28(25)36)23-14-17(2)13-18(3)15-23/h5-11,13-16,31H,4,12H2,1-3H3,(H,32,34). The first-order valence-electron chi connectivity index (χ1n) is 12.0. The van der Waals surface area contributed by atoms with Gasteiger partial charge in [0.05, 0.1) is 17.9 Å². The highest BCUT2D eigenvalue weighted by Gasteiger charge is 2.39. The number of benzene rings is 3. The van der Waals surface area contributed by atoms with Crippen LogP contribution in [-0.2, 0) is 14.3 Å². The molecule has 0 aliphatic carbocycles. The zero-order valence-corrected chi connectivity index (χ0v) is 21.9. The van der Waals surface area contributed by atoms with E-state index in [0.717, 1.165) is 22.4 Å². The van der Waals surface area contributed by atoms with Crippen molar-refractivity contribution < 1.29 is 23.9 Å². The van der Waals surface area contributed by atoms with Gasteiger partial charge in [-0.05, 0) is 86.0 Å². The number of amides is 3. The van der Waals surface area contributed by atoms with Crippen molar-refractivity contribution in [1.82, 2.24) is 0 Å². The van der Waals surface area contributed by atoms with Crippen molar-refractivity contribution in [1.29, 1.82) is 0 Å². The maximum absolute atomic E-state index is 13.1. The molecule has 0 aromatic heterocycles. The van der Waals surface area contributed by atoms with Crippen LogP contribution in [0.5, 0.6) is 0 Å². The number of aryl methyl sites for hydroxylation is 2. The second-order valence-electron chi connectivity index (χ2n) is 8.85. The quantitative estimate of drug-likeness (QED) is 0.291. The Morgan fingerprint density at radius 1 is 0.868 bits per heavy atom. The van der Waals surface area contributed by atoms with Gasteiger partial charge in [-0.15, -0.1) is 0 Å². The molecule has 1 heterocycles. The van der Waals surface area contributed by atoms with Crippen LogP contribution in [0.15, 0.2) is 77.5 Å². The Morgan fingerprint density at radius 2 is 1.55 bits per heavy atom. The number of carbonyl (C=O) groups is 4. The Morgan fingerprint density at radius 3 is 2.21 bits per heavy atom. The highest BCUT2D eigenvalue weighted by atomic mass is 35.5. The summed E-state index contributed by atoms with van der Waals surface area (Å²) < 4.78 is 5.10. The highest BCUT2D eigenvalue weighted by Crippen LogP contribution is 2.31. The summed E-state index contributed by atoms with van der Waals surface area (Å²) in [6.45, 7) is 6.01. The molecule has 194 valence electrons. The topological polar surface area (TPSA) is 105 Å². The first-order valence-corrected chi connectivity index (χ1v) is 12.4. The zero-order valence-electron chi connectivity index (χ0n) is 21.1. The second kappa shape index (κ2) is 11.3. The van der Waals surface area contributed by atoms with Gasteiger partial charge in [0.15, 0.2) is 0 Å². The van der Waals surface area contributed by atoms with E-state index >= 15 is 0 Å². The van der Waals surface area contributed by atoms with Crippen LogP contribution >= 0.6 is 11.6 Å². The lowest BCUT2D eigenvalue weighted by Gasteiger charge is -2.16. The molecule has 3 aromatic rings. The van der Waals surface area contributed by atoms with Crippen molar-refractivity contribution in [3.63, 3.8) is 0 Å². The van der Waals surface area contributed by atoms with Crippen molar-refractivity contribution in [2.24, 2.45) is 0 Å². The minimum atomic E-state index is -0.625. The van der Waals surface area contributed by atoms with E-state index in [0.29, 0.717) is 34.8 Å². The molecule has 4 rings (SSSR count). The minimum absolute atomic E-state index is 0.0704. The summed E-state index contributed by atoms with van der Waals surface area (Å²) in [7, 11) is 0. The Balaban J connectivity index is 1.47. The van der Waals surface area contributed by atoms with Gasteiger partial charge in [0.25, 0.3) is 17.7 Å². The molecule has 0 saturated heterocycles. The van der Waals surface area contributed by atoms with Crippen LogP contribution in [0, 0.1) is 13.8 Å². The molecule has 0 saturated carbocycles. The number of ether oxygens (including phenoxy) is 1. The number of nitrogens with zero attached hydrogens (tertiary/aromatic N) is 1. The number of hydrogen-bond acceptors (Lipinski definition) is 6. The number of carbonyl (C=O) groups excluding carboxylic acids is 4. The monoisotopic (exact) mass is 531 g/mol. The molecule has 1 aliphatic heterocycles. The Labute approximate surface area is 225 Å². The first-order chi connectivity index (χ1) is 18.2. The molecule has 8 nitrogen and oxygen atoms in total. The Bertz CT molecular complexity index is 1440. The van der Waals surface area contributed by atoms with E-state index in [4.69, 9.17) is 16.3 Å². The lowest BCUT2D eigenvalue weighted by Crippen LogP contribution is -2.32. The number of anilines is 3. The highest BCUT2D eigenvalue weighted by molar-refractivity contribution is 6.53. The molecular weight excluding hydrogens is 506 g/mol. The number of rotatable bonds is 8. The maximum atomic E-state index is 13.1. The summed E-state index contributed by atoms with van der Waals surface area (Å²) in [6.07, 6.45) is 0.729. The van der Waals surface area contributed by atoms with Crippen LogP contribution < -0.4 is 15.5 Å². The molecule has 1 aliphatic rings. The van der Waals surface area contributed by atoms with Gasteiger partial charge in [0, 0.05) is 16.9 Å².